The van der Waals surface area contributed by atoms with Crippen molar-refractivity contribution in [2.45, 2.75) is 18.9 Å². The van der Waals surface area contributed by atoms with Crippen molar-refractivity contribution in [1.29, 1.82) is 0 Å². The van der Waals surface area contributed by atoms with Gasteiger partial charge in [-0.25, -0.2) is 10.8 Å². The number of aliphatic hydroxyl groups is 1. The Hall–Kier alpha value is -1.70. The third-order valence-corrected chi connectivity index (χ3v) is 3.29. The van der Waals surface area contributed by atoms with Crippen LogP contribution in [0.3, 0.4) is 0 Å². The number of piperidine rings is 1. The molecule has 0 aliphatic carbocycles. The summed E-state index contributed by atoms with van der Waals surface area (Å²) in [7, 11) is 0. The fourth-order valence-electron chi connectivity index (χ4n) is 2.24. The van der Waals surface area contributed by atoms with Crippen molar-refractivity contribution in [2.24, 2.45) is 5.84 Å². The van der Waals surface area contributed by atoms with E-state index in [4.69, 9.17) is 15.7 Å². The number of hydrazine groups is 1. The number of hydrogen-bond acceptors (Lipinski definition) is 6. The lowest BCUT2D eigenvalue weighted by molar-refractivity contribution is -0.00564. The van der Waals surface area contributed by atoms with Gasteiger partial charge in [0.15, 0.2) is 0 Å². The van der Waals surface area contributed by atoms with E-state index in [9.17, 15) is 4.79 Å². The molecule has 2 heterocycles. The SMILES string of the molecule is NNc1cccc(C(=O)N2CCC(OCCO)CC2)n1. The second-order valence-corrected chi connectivity index (χ2v) is 4.64. The van der Waals surface area contributed by atoms with Crippen LogP contribution >= 0.6 is 0 Å². The number of rotatable bonds is 5. The number of aromatic nitrogens is 1. The van der Waals surface area contributed by atoms with E-state index in [2.05, 4.69) is 10.4 Å². The van der Waals surface area contributed by atoms with Gasteiger partial charge in [0.2, 0.25) is 0 Å². The van der Waals surface area contributed by atoms with Crippen molar-refractivity contribution < 1.29 is 14.6 Å². The first-order chi connectivity index (χ1) is 9.74. The minimum Gasteiger partial charge on any atom is -0.394 e. The Balaban J connectivity index is 1.91. The van der Waals surface area contributed by atoms with E-state index in [1.165, 1.54) is 0 Å². The molecule has 0 saturated carbocycles. The first-order valence-electron chi connectivity index (χ1n) is 6.70. The van der Waals surface area contributed by atoms with Crippen LogP contribution in [0.2, 0.25) is 0 Å². The molecule has 1 aromatic heterocycles. The van der Waals surface area contributed by atoms with Crippen LogP contribution in [0.4, 0.5) is 5.82 Å². The maximum absolute atomic E-state index is 12.3. The summed E-state index contributed by atoms with van der Waals surface area (Å²) in [6.45, 7) is 1.65. The number of nitrogen functional groups attached to an aromatic ring is 1. The van der Waals surface area contributed by atoms with Gasteiger partial charge in [0.1, 0.15) is 11.5 Å². The molecule has 0 bridgehead atoms. The van der Waals surface area contributed by atoms with Gasteiger partial charge >= 0.3 is 0 Å². The summed E-state index contributed by atoms with van der Waals surface area (Å²) in [5.41, 5.74) is 2.81. The minimum absolute atomic E-state index is 0.0297. The summed E-state index contributed by atoms with van der Waals surface area (Å²) in [5.74, 6) is 5.66. The number of anilines is 1. The summed E-state index contributed by atoms with van der Waals surface area (Å²) in [6, 6.07) is 5.12. The number of nitrogens with one attached hydrogen (secondary N) is 1. The molecular weight excluding hydrogens is 260 g/mol. The van der Waals surface area contributed by atoms with Crippen molar-refractivity contribution in [3.05, 3.63) is 23.9 Å². The quantitative estimate of drug-likeness (QED) is 0.518. The number of pyridine rings is 1. The molecule has 1 aliphatic heterocycles. The number of carbonyl (C=O) groups is 1. The Bertz CT molecular complexity index is 447. The van der Waals surface area contributed by atoms with E-state index in [0.29, 0.717) is 31.2 Å². The van der Waals surface area contributed by atoms with Gasteiger partial charge in [-0.1, -0.05) is 6.07 Å². The molecule has 0 atom stereocenters. The molecule has 0 aromatic carbocycles. The maximum Gasteiger partial charge on any atom is 0.272 e. The van der Waals surface area contributed by atoms with Crippen LogP contribution in [0.5, 0.6) is 0 Å². The molecule has 0 unspecified atom stereocenters. The van der Waals surface area contributed by atoms with Crippen molar-refractivity contribution in [3.63, 3.8) is 0 Å². The highest BCUT2D eigenvalue weighted by Gasteiger charge is 2.24. The summed E-state index contributed by atoms with van der Waals surface area (Å²) in [6.07, 6.45) is 1.68. The summed E-state index contributed by atoms with van der Waals surface area (Å²) >= 11 is 0. The molecule has 4 N–H and O–H groups in total. The van der Waals surface area contributed by atoms with Gasteiger partial charge in [0, 0.05) is 13.1 Å². The zero-order valence-electron chi connectivity index (χ0n) is 11.3. The molecule has 1 aromatic rings. The number of nitrogens with zero attached hydrogens (tertiary/aromatic N) is 2. The van der Waals surface area contributed by atoms with Crippen LogP contribution in [0.15, 0.2) is 18.2 Å². The molecule has 1 fully saturated rings. The maximum atomic E-state index is 12.3. The normalized spacial score (nSPS) is 16.2. The van der Waals surface area contributed by atoms with Crippen LogP contribution in [0, 0.1) is 0 Å². The van der Waals surface area contributed by atoms with E-state index in [0.717, 1.165) is 12.8 Å². The van der Waals surface area contributed by atoms with Gasteiger partial charge in [-0.3, -0.25) is 4.79 Å². The molecule has 1 amide bonds. The monoisotopic (exact) mass is 280 g/mol. The number of aliphatic hydroxyl groups excluding tert-OH is 1. The van der Waals surface area contributed by atoms with Gasteiger partial charge in [-0.15, -0.1) is 0 Å². The number of ether oxygens (including phenoxy) is 1. The average molecular weight is 280 g/mol. The Morgan fingerprint density at radius 2 is 2.25 bits per heavy atom. The van der Waals surface area contributed by atoms with Crippen molar-refractivity contribution >= 4 is 11.7 Å². The predicted molar refractivity (Wildman–Crippen MR) is 74.0 cm³/mol. The molecule has 1 saturated heterocycles. The molecular formula is C13H20N4O3. The van der Waals surface area contributed by atoms with Crippen molar-refractivity contribution in [3.8, 4) is 0 Å². The minimum atomic E-state index is -0.0947. The number of nitrogens with two attached hydrogens (primary N) is 1. The van der Waals surface area contributed by atoms with Crippen LogP contribution in [-0.4, -0.2) is 53.3 Å². The molecule has 7 nitrogen and oxygen atoms in total. The van der Waals surface area contributed by atoms with Gasteiger partial charge in [-0.2, -0.15) is 0 Å². The van der Waals surface area contributed by atoms with Crippen LogP contribution in [-0.2, 0) is 4.74 Å². The van der Waals surface area contributed by atoms with E-state index in [-0.39, 0.29) is 18.6 Å². The number of amides is 1. The Morgan fingerprint density at radius 3 is 2.90 bits per heavy atom. The second kappa shape index (κ2) is 7.18. The van der Waals surface area contributed by atoms with E-state index in [1.807, 2.05) is 0 Å². The van der Waals surface area contributed by atoms with Crippen LogP contribution < -0.4 is 11.3 Å². The topological polar surface area (TPSA) is 101 Å². The third kappa shape index (κ3) is 3.66. The average Bonchev–Trinajstić information content (AvgIpc) is 2.52. The lowest BCUT2D eigenvalue weighted by Gasteiger charge is -2.31. The van der Waals surface area contributed by atoms with Crippen LogP contribution in [0.25, 0.3) is 0 Å². The second-order valence-electron chi connectivity index (χ2n) is 4.64. The largest absolute Gasteiger partial charge is 0.394 e. The smallest absolute Gasteiger partial charge is 0.272 e. The van der Waals surface area contributed by atoms with Gasteiger partial charge in [-0.05, 0) is 25.0 Å². The molecule has 7 heteroatoms. The van der Waals surface area contributed by atoms with E-state index in [1.54, 1.807) is 23.1 Å². The van der Waals surface area contributed by atoms with Gasteiger partial charge in [0.05, 0.1) is 19.3 Å². The Kier molecular flexibility index (Phi) is 5.28. The molecule has 0 spiro atoms. The fourth-order valence-corrected chi connectivity index (χ4v) is 2.24. The molecule has 110 valence electrons. The molecule has 1 aliphatic rings. The lowest BCUT2D eigenvalue weighted by atomic mass is 10.1. The summed E-state index contributed by atoms with van der Waals surface area (Å²) < 4.78 is 5.47. The summed E-state index contributed by atoms with van der Waals surface area (Å²) in [5, 5.41) is 8.72. The highest BCUT2D eigenvalue weighted by Crippen LogP contribution is 2.16. The highest BCUT2D eigenvalue weighted by molar-refractivity contribution is 5.92. The van der Waals surface area contributed by atoms with Gasteiger partial charge < -0.3 is 20.2 Å². The number of hydrogen-bond donors (Lipinski definition) is 3. The van der Waals surface area contributed by atoms with Gasteiger partial charge in [0.25, 0.3) is 5.91 Å². The molecule has 2 rings (SSSR count). The van der Waals surface area contributed by atoms with Crippen molar-refractivity contribution in [1.82, 2.24) is 9.88 Å². The van der Waals surface area contributed by atoms with E-state index >= 15 is 0 Å². The highest BCUT2D eigenvalue weighted by atomic mass is 16.5. The van der Waals surface area contributed by atoms with Crippen LogP contribution in [0.1, 0.15) is 23.3 Å². The van der Waals surface area contributed by atoms with Crippen molar-refractivity contribution in [2.75, 3.05) is 31.7 Å². The standard InChI is InChI=1S/C13H20N4O3/c14-16-12-3-1-2-11(15-12)13(19)17-6-4-10(5-7-17)20-9-8-18/h1-3,10,18H,4-9,14H2,(H,15,16). The molecule has 20 heavy (non-hydrogen) atoms. The Morgan fingerprint density at radius 1 is 1.50 bits per heavy atom. The number of likely N-dealkylation sites (tertiary alicyclic amines) is 1. The lowest BCUT2D eigenvalue weighted by Crippen LogP contribution is -2.41. The van der Waals surface area contributed by atoms with E-state index < -0.39 is 0 Å². The third-order valence-electron chi connectivity index (χ3n) is 3.29. The first-order valence-corrected chi connectivity index (χ1v) is 6.70. The predicted octanol–water partition coefficient (Wildman–Crippen LogP) is -0.0193. The first kappa shape index (κ1) is 14.7. The zero-order valence-corrected chi connectivity index (χ0v) is 11.3. The number of carbonyl (C=O) groups excluding carboxylic acids is 1. The molecule has 0 radical (unpaired) electrons. The fraction of sp³-hybridized carbons (Fsp3) is 0.538. The summed E-state index contributed by atoms with van der Waals surface area (Å²) in [4.78, 5) is 18.2. The Labute approximate surface area is 117 Å². The zero-order chi connectivity index (χ0) is 14.4.